The molecule has 0 radical (unpaired) electrons. The zero-order chi connectivity index (χ0) is 14.2. The van der Waals surface area contributed by atoms with Gasteiger partial charge in [-0.15, -0.1) is 11.8 Å². The molecule has 21 heavy (non-hydrogen) atoms. The first-order valence-corrected chi connectivity index (χ1v) is 9.98. The van der Waals surface area contributed by atoms with Gasteiger partial charge in [-0.1, -0.05) is 6.42 Å². The lowest BCUT2D eigenvalue weighted by Crippen LogP contribution is -2.43. The lowest BCUT2D eigenvalue weighted by molar-refractivity contribution is -0.119. The number of carbonyl (C=O) groups excluding carboxylic acids is 1. The number of hydrogen-bond acceptors (Lipinski definition) is 3. The van der Waals surface area contributed by atoms with Gasteiger partial charge in [0, 0.05) is 11.3 Å². The van der Waals surface area contributed by atoms with Gasteiger partial charge < -0.3 is 10.6 Å². The van der Waals surface area contributed by atoms with Crippen molar-refractivity contribution in [3.05, 3.63) is 0 Å². The number of carbonyl (C=O) groups is 1. The first kappa shape index (κ1) is 14.4. The second kappa shape index (κ2) is 6.11. The van der Waals surface area contributed by atoms with Gasteiger partial charge in [0.15, 0.2) is 0 Å². The van der Waals surface area contributed by atoms with E-state index in [1.54, 1.807) is 0 Å². The zero-order valence-electron chi connectivity index (χ0n) is 12.9. The van der Waals surface area contributed by atoms with Gasteiger partial charge in [-0.25, -0.2) is 0 Å². The number of rotatable bonds is 4. The largest absolute Gasteiger partial charge is 0.352 e. The highest BCUT2D eigenvalue weighted by Gasteiger charge is 2.53. The third-order valence-corrected chi connectivity index (χ3v) is 7.88. The van der Waals surface area contributed by atoms with Crippen LogP contribution in [0, 0.1) is 23.7 Å². The molecule has 1 heterocycles. The van der Waals surface area contributed by atoms with Crippen molar-refractivity contribution in [2.24, 2.45) is 23.7 Å². The number of piperidine rings is 1. The molecule has 1 aliphatic heterocycles. The maximum absolute atomic E-state index is 12.3. The summed E-state index contributed by atoms with van der Waals surface area (Å²) in [5.74, 6) is 4.69. The van der Waals surface area contributed by atoms with Gasteiger partial charge in [-0.05, 0) is 75.3 Å². The van der Waals surface area contributed by atoms with Gasteiger partial charge in [-0.3, -0.25) is 4.79 Å². The Balaban J connectivity index is 1.24. The third kappa shape index (κ3) is 2.86. The molecule has 5 atom stereocenters. The zero-order valence-corrected chi connectivity index (χ0v) is 13.7. The average molecular weight is 308 g/mol. The lowest BCUT2D eigenvalue weighted by Gasteiger charge is -2.32. The van der Waals surface area contributed by atoms with Crippen molar-refractivity contribution >= 4 is 17.7 Å². The Morgan fingerprint density at radius 1 is 1.05 bits per heavy atom. The summed E-state index contributed by atoms with van der Waals surface area (Å²) in [4.78, 5) is 12.3. The van der Waals surface area contributed by atoms with Crippen LogP contribution in [0.5, 0.6) is 0 Å². The topological polar surface area (TPSA) is 41.1 Å². The first-order valence-electron chi connectivity index (χ1n) is 8.93. The summed E-state index contributed by atoms with van der Waals surface area (Å²) in [7, 11) is 0. The van der Waals surface area contributed by atoms with Crippen molar-refractivity contribution in [1.29, 1.82) is 0 Å². The van der Waals surface area contributed by atoms with E-state index in [0.29, 0.717) is 23.0 Å². The van der Waals surface area contributed by atoms with Crippen LogP contribution in [0.15, 0.2) is 0 Å². The summed E-state index contributed by atoms with van der Waals surface area (Å²) in [6.07, 6.45) is 9.46. The molecule has 1 amide bonds. The number of fused-ring (bicyclic) bond motifs is 5. The second-order valence-corrected chi connectivity index (χ2v) is 8.88. The summed E-state index contributed by atoms with van der Waals surface area (Å²) in [6, 6.07) is 0.510. The Morgan fingerprint density at radius 2 is 1.86 bits per heavy atom. The number of thioether (sulfide) groups is 1. The van der Waals surface area contributed by atoms with Crippen molar-refractivity contribution in [2.75, 3.05) is 18.8 Å². The Morgan fingerprint density at radius 3 is 2.71 bits per heavy atom. The minimum Gasteiger partial charge on any atom is -0.352 e. The smallest absolute Gasteiger partial charge is 0.230 e. The monoisotopic (exact) mass is 308 g/mol. The van der Waals surface area contributed by atoms with E-state index < -0.39 is 0 Å². The van der Waals surface area contributed by atoms with Gasteiger partial charge in [0.2, 0.25) is 5.91 Å². The molecular formula is C17H28N2OS. The maximum Gasteiger partial charge on any atom is 0.230 e. The average Bonchev–Trinajstić information content (AvgIpc) is 3.18. The Kier molecular flexibility index (Phi) is 4.19. The predicted molar refractivity (Wildman–Crippen MR) is 87.3 cm³/mol. The Bertz CT molecular complexity index is 396. The molecule has 2 N–H and O–H groups in total. The predicted octanol–water partition coefficient (Wildman–Crippen LogP) is 2.41. The fraction of sp³-hybridized carbons (Fsp3) is 0.941. The number of nitrogens with one attached hydrogen (secondary N) is 2. The highest BCUT2D eigenvalue weighted by Crippen LogP contribution is 2.58. The third-order valence-electron chi connectivity index (χ3n) is 6.51. The highest BCUT2D eigenvalue weighted by atomic mass is 32.2. The van der Waals surface area contributed by atoms with Crippen molar-refractivity contribution in [3.8, 4) is 0 Å². The molecule has 118 valence electrons. The fourth-order valence-electron chi connectivity index (χ4n) is 5.64. The molecule has 3 nitrogen and oxygen atoms in total. The van der Waals surface area contributed by atoms with Crippen LogP contribution in [-0.2, 0) is 4.79 Å². The van der Waals surface area contributed by atoms with Crippen molar-refractivity contribution in [3.63, 3.8) is 0 Å². The Hall–Kier alpha value is -0.220. The van der Waals surface area contributed by atoms with E-state index in [1.165, 1.54) is 44.9 Å². The van der Waals surface area contributed by atoms with Crippen LogP contribution in [0.25, 0.3) is 0 Å². The number of amides is 1. The molecule has 4 rings (SSSR count). The molecule has 0 aromatic heterocycles. The van der Waals surface area contributed by atoms with E-state index in [0.717, 1.165) is 36.8 Å². The van der Waals surface area contributed by atoms with E-state index in [2.05, 4.69) is 10.6 Å². The molecular weight excluding hydrogens is 280 g/mol. The van der Waals surface area contributed by atoms with E-state index in [-0.39, 0.29) is 0 Å². The van der Waals surface area contributed by atoms with Gasteiger partial charge in [-0.2, -0.15) is 0 Å². The summed E-state index contributed by atoms with van der Waals surface area (Å²) >= 11 is 1.88. The van der Waals surface area contributed by atoms with Crippen molar-refractivity contribution < 1.29 is 4.79 Å². The molecule has 0 aromatic carbocycles. The molecule has 5 unspecified atom stereocenters. The van der Waals surface area contributed by atoms with Crippen molar-refractivity contribution in [1.82, 2.24) is 10.6 Å². The van der Waals surface area contributed by atoms with Gasteiger partial charge in [0.05, 0.1) is 5.75 Å². The van der Waals surface area contributed by atoms with Gasteiger partial charge in [0.25, 0.3) is 0 Å². The molecule has 1 saturated heterocycles. The standard InChI is InChI=1S/C17H28N2OS/c20-17(10-21-12-4-6-18-7-5-12)19-16-9-11-8-15(16)14-3-1-2-13(11)14/h11-16,18H,1-10H2,(H,19,20). The van der Waals surface area contributed by atoms with E-state index in [9.17, 15) is 4.79 Å². The molecule has 3 aliphatic carbocycles. The SMILES string of the molecule is O=C(CSC1CCNCC1)NC1CC2CC1C1CCCC21. The quantitative estimate of drug-likeness (QED) is 0.838. The van der Waals surface area contributed by atoms with E-state index >= 15 is 0 Å². The minimum atomic E-state index is 0.297. The highest BCUT2D eigenvalue weighted by molar-refractivity contribution is 8.00. The lowest BCUT2D eigenvalue weighted by atomic mass is 9.79. The van der Waals surface area contributed by atoms with E-state index in [4.69, 9.17) is 0 Å². The second-order valence-electron chi connectivity index (χ2n) is 7.59. The first-order chi connectivity index (χ1) is 10.3. The van der Waals surface area contributed by atoms with Crippen LogP contribution in [0.4, 0.5) is 0 Å². The van der Waals surface area contributed by atoms with Crippen LogP contribution in [0.1, 0.15) is 44.9 Å². The van der Waals surface area contributed by atoms with E-state index in [1.807, 2.05) is 11.8 Å². The summed E-state index contributed by atoms with van der Waals surface area (Å²) in [6.45, 7) is 2.24. The molecule has 4 fully saturated rings. The summed E-state index contributed by atoms with van der Waals surface area (Å²) in [5, 5.41) is 7.46. The maximum atomic E-state index is 12.3. The molecule has 2 bridgehead atoms. The number of hydrogen-bond donors (Lipinski definition) is 2. The van der Waals surface area contributed by atoms with Crippen LogP contribution < -0.4 is 10.6 Å². The molecule has 0 spiro atoms. The van der Waals surface area contributed by atoms with Gasteiger partial charge >= 0.3 is 0 Å². The van der Waals surface area contributed by atoms with Crippen LogP contribution in [-0.4, -0.2) is 36.0 Å². The fourth-order valence-corrected chi connectivity index (χ4v) is 6.68. The molecule has 4 heteroatoms. The molecule has 4 aliphatic rings. The minimum absolute atomic E-state index is 0.297. The molecule has 0 aromatic rings. The summed E-state index contributed by atoms with van der Waals surface area (Å²) < 4.78 is 0. The van der Waals surface area contributed by atoms with Crippen LogP contribution >= 0.6 is 11.8 Å². The van der Waals surface area contributed by atoms with Crippen LogP contribution in [0.2, 0.25) is 0 Å². The summed E-state index contributed by atoms with van der Waals surface area (Å²) in [5.41, 5.74) is 0. The normalized spacial score (nSPS) is 42.2. The Labute approximate surface area is 132 Å². The molecule has 3 saturated carbocycles. The van der Waals surface area contributed by atoms with Gasteiger partial charge in [0.1, 0.15) is 0 Å². The van der Waals surface area contributed by atoms with Crippen LogP contribution in [0.3, 0.4) is 0 Å². The van der Waals surface area contributed by atoms with Crippen molar-refractivity contribution in [2.45, 2.75) is 56.2 Å².